The maximum absolute atomic E-state index is 15.6. The number of carbonyl (C=O) groups excluding carboxylic acids is 4. The molecule has 61 heavy (non-hydrogen) atoms. The molecule has 0 unspecified atom stereocenters. The molecule has 0 aliphatic carbocycles. The van der Waals surface area contributed by atoms with E-state index in [9.17, 15) is 120 Å². The van der Waals surface area contributed by atoms with Crippen LogP contribution in [0.3, 0.4) is 0 Å². The topological polar surface area (TPSA) is 114 Å². The van der Waals surface area contributed by atoms with Gasteiger partial charge in [0.25, 0.3) is 5.91 Å². The van der Waals surface area contributed by atoms with Crippen LogP contribution in [0.1, 0.15) is 28.4 Å². The Morgan fingerprint density at radius 3 is 1.11 bits per heavy atom. The van der Waals surface area contributed by atoms with Gasteiger partial charge in [0.2, 0.25) is 12.2 Å². The lowest BCUT2D eigenvalue weighted by Gasteiger charge is -2.46. The van der Waals surface area contributed by atoms with Gasteiger partial charge in [-0.3, -0.25) is 9.59 Å². The molecule has 0 bridgehead atoms. The van der Waals surface area contributed by atoms with E-state index in [1.165, 1.54) is 0 Å². The van der Waals surface area contributed by atoms with Crippen molar-refractivity contribution in [1.29, 1.82) is 0 Å². The summed E-state index contributed by atoms with van der Waals surface area (Å²) in [5.41, 5.74) is -11.5. The minimum atomic E-state index is -9.98. The quantitative estimate of drug-likeness (QED) is 0.0550. The highest BCUT2D eigenvalue weighted by Crippen LogP contribution is 2.69. The zero-order chi connectivity index (χ0) is 49.2. The molecule has 1 aromatic carbocycles. The number of rotatable bonds is 17. The Balaban J connectivity index is 4.31. The Morgan fingerprint density at radius 1 is 0.525 bits per heavy atom. The Labute approximate surface area is 314 Å². The van der Waals surface area contributed by atoms with Gasteiger partial charge < -0.3 is 10.1 Å². The highest BCUT2D eigenvalue weighted by Gasteiger charge is 3.00. The van der Waals surface area contributed by atoms with Crippen LogP contribution >= 0.6 is 0 Å². The number of nitrogens with zero attached hydrogens (tertiary/aromatic N) is 2. The Kier molecular flexibility index (Phi) is 13.7. The van der Waals surface area contributed by atoms with Crippen molar-refractivity contribution in [3.63, 3.8) is 0 Å². The van der Waals surface area contributed by atoms with Crippen molar-refractivity contribution < 1.29 is 142 Å². The molecule has 0 atom stereocenters. The average Bonchev–Trinajstić information content (AvgIpc) is 3.07. The van der Waals surface area contributed by atoms with Gasteiger partial charge in [-0.25, -0.2) is 9.59 Å². The zero-order valence-electron chi connectivity index (χ0n) is 27.9. The van der Waals surface area contributed by atoms with Crippen LogP contribution in [0, 0.1) is 6.92 Å². The molecule has 0 radical (unpaired) electrons. The largest absolute Gasteiger partial charge is 0.460 e. The number of amides is 1. The van der Waals surface area contributed by atoms with E-state index in [-0.39, 0.29) is 13.0 Å². The summed E-state index contributed by atoms with van der Waals surface area (Å²) in [5.74, 6) is -117. The molecule has 0 saturated heterocycles. The van der Waals surface area contributed by atoms with Crippen molar-refractivity contribution in [2.75, 3.05) is 6.73 Å². The number of aliphatic imine (C=N–C) groups is 2. The van der Waals surface area contributed by atoms with E-state index in [4.69, 9.17) is 0 Å². The Hall–Kier alpha value is -4.97. The summed E-state index contributed by atoms with van der Waals surface area (Å²) in [6, 6.07) is -0.445. The number of benzene rings is 1. The third-order valence-corrected chi connectivity index (χ3v) is 7.61. The van der Waals surface area contributed by atoms with Crippen molar-refractivity contribution in [3.05, 3.63) is 22.8 Å². The van der Waals surface area contributed by atoms with Gasteiger partial charge in [-0.15, -0.1) is 0 Å². The van der Waals surface area contributed by atoms with Crippen LogP contribution in [0.4, 0.5) is 130 Å². The van der Waals surface area contributed by atoms with Gasteiger partial charge in [-0.05, 0) is 18.6 Å². The zero-order valence-corrected chi connectivity index (χ0v) is 27.9. The first-order valence-corrected chi connectivity index (χ1v) is 14.0. The van der Waals surface area contributed by atoms with E-state index in [1.54, 1.807) is 0 Å². The molecule has 1 N–H and O–H groups in total. The fourth-order valence-electron chi connectivity index (χ4n) is 4.26. The highest BCUT2D eigenvalue weighted by atomic mass is 19.4. The molecular formula is C26H10F27N3O5. The fraction of sp³-hybridized carbons (Fsp3) is 0.615. The van der Waals surface area contributed by atoms with E-state index < -0.39 is 130 Å². The molecule has 1 amide bonds. The first kappa shape index (κ1) is 54.0. The van der Waals surface area contributed by atoms with Crippen LogP contribution in [0.15, 0.2) is 16.1 Å². The summed E-state index contributed by atoms with van der Waals surface area (Å²) >= 11 is 0. The monoisotopic (exact) mass is 957 g/mol. The summed E-state index contributed by atoms with van der Waals surface area (Å²) < 4.78 is 383. The van der Waals surface area contributed by atoms with E-state index >= 15 is 17.6 Å². The summed E-state index contributed by atoms with van der Waals surface area (Å²) in [7, 11) is 0. The average molecular weight is 957 g/mol. The molecule has 0 aliphatic heterocycles. The molecular weight excluding hydrogens is 947 g/mol. The predicted molar refractivity (Wildman–Crippen MR) is 135 cm³/mol. The van der Waals surface area contributed by atoms with Crippen LogP contribution in [0.25, 0.3) is 0 Å². The van der Waals surface area contributed by atoms with Gasteiger partial charge in [0.1, 0.15) is 0 Å². The maximum Gasteiger partial charge on any atom is 0.460 e. The SMILES string of the molecule is CC(=O)OCNC(=O)c1c(C)c(N=C=O)cc(N=C=O)c1C(F)(F)C(F)(F)C(F)(F)C(F)(F)C(F)(F)C(F)(F)C(F)(F)C(F)(F)C(F)(F)C(F)(F)C(F)(F)C(F)(F)C(F)(F)F. The molecule has 0 saturated carbocycles. The van der Waals surface area contributed by atoms with Crippen molar-refractivity contribution in [1.82, 2.24) is 5.32 Å². The van der Waals surface area contributed by atoms with Gasteiger partial charge in [0.05, 0.1) is 22.5 Å². The molecule has 35 heteroatoms. The lowest BCUT2D eigenvalue weighted by molar-refractivity contribution is -0.485. The second-order valence-electron chi connectivity index (χ2n) is 11.4. The Bertz CT molecular complexity index is 1980. The number of hydrogen-bond acceptors (Lipinski definition) is 7. The number of hydrogen-bond donors (Lipinski definition) is 1. The Morgan fingerprint density at radius 2 is 0.820 bits per heavy atom. The highest BCUT2D eigenvalue weighted by molar-refractivity contribution is 6.00. The third kappa shape index (κ3) is 7.36. The normalized spacial score (nSPS) is 14.8. The van der Waals surface area contributed by atoms with Gasteiger partial charge in [0, 0.05) is 6.92 Å². The molecule has 0 heterocycles. The molecule has 0 aliphatic rings. The lowest BCUT2D eigenvalue weighted by Crippen LogP contribution is -2.78. The van der Waals surface area contributed by atoms with Crippen LogP contribution in [0.2, 0.25) is 0 Å². The number of isocyanates is 2. The lowest BCUT2D eigenvalue weighted by atomic mass is 9.82. The molecule has 348 valence electrons. The van der Waals surface area contributed by atoms with Gasteiger partial charge in [-0.2, -0.15) is 129 Å². The standard InChI is InChI=1S/C26H10F27N3O5/c1-7-9(54-4-57)3-10(55-5-58)12(11(7)13(60)56-6-61-8(2)59)14(27,28)15(29,30)16(31,32)17(33,34)18(35,36)19(37,38)20(39,40)21(41,42)22(43,44)23(45,46)24(47,48)25(49,50)26(51,52)53/h3H,6H2,1-2H3,(H,56,60). The van der Waals surface area contributed by atoms with Crippen LogP contribution in [-0.2, 0) is 25.0 Å². The summed E-state index contributed by atoms with van der Waals surface area (Å²) in [6.07, 6.45) is -7.64. The number of nitrogens with one attached hydrogen (secondary N) is 1. The summed E-state index contributed by atoms with van der Waals surface area (Å²) in [5, 5.41) is 1.16. The predicted octanol–water partition coefficient (Wildman–Crippen LogP) is 9.82. The number of carbonyl (C=O) groups is 2. The number of esters is 1. The van der Waals surface area contributed by atoms with E-state index in [1.807, 2.05) is 0 Å². The van der Waals surface area contributed by atoms with Gasteiger partial charge in [-0.1, -0.05) is 0 Å². The second-order valence-corrected chi connectivity index (χ2v) is 11.4. The van der Waals surface area contributed by atoms with Crippen molar-refractivity contribution in [3.8, 4) is 0 Å². The summed E-state index contributed by atoms with van der Waals surface area (Å²) in [4.78, 5) is 49.9. The molecule has 0 spiro atoms. The molecule has 1 rings (SSSR count). The van der Waals surface area contributed by atoms with Gasteiger partial charge >= 0.3 is 83.2 Å². The fourth-order valence-corrected chi connectivity index (χ4v) is 4.26. The van der Waals surface area contributed by atoms with E-state index in [0.29, 0.717) is 13.0 Å². The molecule has 0 fully saturated rings. The van der Waals surface area contributed by atoms with Crippen LogP contribution in [-0.4, -0.2) is 102 Å². The minimum absolute atomic E-state index is 0.140. The van der Waals surface area contributed by atoms with Crippen LogP contribution in [0.5, 0.6) is 0 Å². The maximum atomic E-state index is 15.6. The molecule has 1 aromatic rings. The third-order valence-electron chi connectivity index (χ3n) is 7.61. The number of ether oxygens (including phenoxy) is 1. The smallest absolute Gasteiger partial charge is 0.445 e. The molecule has 0 aromatic heterocycles. The first-order valence-electron chi connectivity index (χ1n) is 14.0. The van der Waals surface area contributed by atoms with E-state index in [2.05, 4.69) is 14.7 Å². The van der Waals surface area contributed by atoms with Crippen LogP contribution < -0.4 is 5.32 Å². The number of alkyl halides is 27. The molecule has 8 nitrogen and oxygen atoms in total. The number of halogens is 27. The first-order chi connectivity index (χ1) is 26.6. The summed E-state index contributed by atoms with van der Waals surface area (Å²) in [6.45, 7) is -0.929. The van der Waals surface area contributed by atoms with Crippen molar-refractivity contribution in [2.45, 2.75) is 91.1 Å². The van der Waals surface area contributed by atoms with Crippen molar-refractivity contribution >= 4 is 35.4 Å². The van der Waals surface area contributed by atoms with E-state index in [0.717, 1.165) is 5.32 Å². The van der Waals surface area contributed by atoms with Gasteiger partial charge in [0.15, 0.2) is 6.73 Å². The van der Waals surface area contributed by atoms with Crippen molar-refractivity contribution in [2.24, 2.45) is 9.98 Å². The minimum Gasteiger partial charge on any atom is -0.445 e. The second kappa shape index (κ2) is 15.4.